The van der Waals surface area contributed by atoms with Gasteiger partial charge in [0.25, 0.3) is 5.91 Å². The lowest BCUT2D eigenvalue weighted by Gasteiger charge is -2.29. The first-order valence-corrected chi connectivity index (χ1v) is 10.9. The maximum Gasteiger partial charge on any atom is 0.255 e. The first-order chi connectivity index (χ1) is 17.5. The Bertz CT molecular complexity index is 1220. The normalized spacial score (nSPS) is 26.0. The molecule has 8 nitrogen and oxygen atoms in total. The number of hydrogen-bond donors (Lipinski definition) is 1. The Morgan fingerprint density at radius 2 is 1.82 bits per heavy atom. The molecule has 2 aromatic carbocycles. The van der Waals surface area contributed by atoms with Crippen LogP contribution >= 0.6 is 0 Å². The summed E-state index contributed by atoms with van der Waals surface area (Å²) in [6.45, 7) is -3.28. The quantitative estimate of drug-likeness (QED) is 0.672. The fraction of sp³-hybridized carbons (Fsp3) is 0.400. The highest BCUT2D eigenvalue weighted by Crippen LogP contribution is 2.34. The predicted molar refractivity (Wildman–Crippen MR) is 119 cm³/mol. The molecule has 8 heteroatoms. The number of imide groups is 1. The van der Waals surface area contributed by atoms with Crippen LogP contribution in [-0.2, 0) is 34.0 Å². The van der Waals surface area contributed by atoms with Crippen LogP contribution in [-0.4, -0.2) is 59.8 Å². The number of carbonyl (C=O) groups excluding carboxylic acids is 3. The minimum absolute atomic E-state index is 0.0228. The van der Waals surface area contributed by atoms with Crippen molar-refractivity contribution in [1.29, 1.82) is 0 Å². The van der Waals surface area contributed by atoms with Gasteiger partial charge in [-0.3, -0.25) is 24.6 Å². The van der Waals surface area contributed by atoms with E-state index in [0.717, 1.165) is 11.1 Å². The zero-order valence-electron chi connectivity index (χ0n) is 22.0. The number of amides is 3. The second kappa shape index (κ2) is 9.33. The van der Waals surface area contributed by atoms with Crippen molar-refractivity contribution < 1.29 is 29.3 Å². The molecule has 1 atom stereocenters. The Morgan fingerprint density at radius 1 is 1.06 bits per heavy atom. The predicted octanol–water partition coefficient (Wildman–Crippen LogP) is 1.86. The molecule has 3 heterocycles. The summed E-state index contributed by atoms with van der Waals surface area (Å²) in [6, 6.07) is 12.1. The van der Waals surface area contributed by atoms with Gasteiger partial charge in [-0.15, -0.1) is 0 Å². The Labute approximate surface area is 198 Å². The molecule has 3 aliphatic rings. The number of carbonyl (C=O) groups is 3. The first kappa shape index (κ1) is 17.3. The molecule has 1 unspecified atom stereocenters. The van der Waals surface area contributed by atoms with Crippen LogP contribution in [0.25, 0.3) is 0 Å². The van der Waals surface area contributed by atoms with Crippen molar-refractivity contribution in [3.63, 3.8) is 0 Å². The first-order valence-electron chi connectivity index (χ1n) is 12.9. The number of benzene rings is 2. The molecule has 2 saturated heterocycles. The van der Waals surface area contributed by atoms with Gasteiger partial charge in [0, 0.05) is 37.2 Å². The molecule has 0 radical (unpaired) electrons. The third kappa shape index (κ3) is 4.62. The molecule has 3 amide bonds. The Morgan fingerprint density at radius 3 is 2.58 bits per heavy atom. The largest absolute Gasteiger partial charge is 0.489 e. The van der Waals surface area contributed by atoms with Crippen LogP contribution in [0.3, 0.4) is 0 Å². The minimum atomic E-state index is -2.05. The summed E-state index contributed by atoms with van der Waals surface area (Å²) in [7, 11) is 0. The van der Waals surface area contributed by atoms with Crippen molar-refractivity contribution in [1.82, 2.24) is 15.1 Å². The van der Waals surface area contributed by atoms with Crippen molar-refractivity contribution in [3.8, 4) is 5.75 Å². The van der Waals surface area contributed by atoms with Crippen molar-refractivity contribution in [2.24, 2.45) is 0 Å². The molecule has 5 rings (SSSR count). The van der Waals surface area contributed by atoms with E-state index in [1.807, 2.05) is 24.3 Å². The van der Waals surface area contributed by atoms with E-state index in [2.05, 4.69) is 5.32 Å². The summed E-state index contributed by atoms with van der Waals surface area (Å²) >= 11 is 0. The Kier molecular flexibility index (Phi) is 4.88. The molecule has 0 aromatic heterocycles. The maximum atomic E-state index is 13.0. The van der Waals surface area contributed by atoms with E-state index >= 15 is 0 Å². The molecule has 2 fully saturated rings. The SMILES string of the molecule is [2H]C1([2H])CN(Cc2ccc(COc3cccc4c3CN(C3CCC(=O)NC3=O)C4=O)cc2)CC([2H])([2H])O1. The highest BCUT2D eigenvalue weighted by atomic mass is 16.5. The van der Waals surface area contributed by atoms with E-state index in [0.29, 0.717) is 29.8 Å². The molecule has 0 saturated carbocycles. The fourth-order valence-corrected chi connectivity index (χ4v) is 4.32. The lowest BCUT2D eigenvalue weighted by molar-refractivity contribution is -0.136. The highest BCUT2D eigenvalue weighted by molar-refractivity contribution is 6.05. The Balaban J connectivity index is 1.22. The highest BCUT2D eigenvalue weighted by Gasteiger charge is 2.40. The monoisotopic (exact) mass is 453 g/mol. The van der Waals surface area contributed by atoms with Crippen LogP contribution in [0.2, 0.25) is 0 Å². The van der Waals surface area contributed by atoms with Gasteiger partial charge in [-0.25, -0.2) is 0 Å². The van der Waals surface area contributed by atoms with Gasteiger partial charge in [-0.05, 0) is 29.7 Å². The number of fused-ring (bicyclic) bond motifs is 1. The van der Waals surface area contributed by atoms with Crippen LogP contribution < -0.4 is 10.1 Å². The summed E-state index contributed by atoms with van der Waals surface area (Å²) < 4.78 is 42.1. The number of rotatable bonds is 6. The van der Waals surface area contributed by atoms with E-state index < -0.39 is 25.1 Å². The Hall–Kier alpha value is -3.23. The number of ether oxygens (including phenoxy) is 2. The molecule has 2 aromatic rings. The summed E-state index contributed by atoms with van der Waals surface area (Å²) in [5.74, 6) is -0.477. The second-order valence-electron chi connectivity index (χ2n) is 8.32. The van der Waals surface area contributed by atoms with E-state index in [1.54, 1.807) is 23.1 Å². The van der Waals surface area contributed by atoms with Gasteiger partial charge in [-0.1, -0.05) is 30.3 Å². The molecule has 3 aliphatic heterocycles. The summed E-state index contributed by atoms with van der Waals surface area (Å²) in [5.41, 5.74) is 3.00. The maximum absolute atomic E-state index is 13.0. The molecule has 172 valence electrons. The second-order valence-corrected chi connectivity index (χ2v) is 8.32. The van der Waals surface area contributed by atoms with Crippen LogP contribution in [0.5, 0.6) is 5.75 Å². The van der Waals surface area contributed by atoms with Crippen LogP contribution in [0.4, 0.5) is 0 Å². The molecule has 0 bridgehead atoms. The molecule has 0 aliphatic carbocycles. The van der Waals surface area contributed by atoms with Gasteiger partial charge in [0.05, 0.1) is 25.1 Å². The zero-order valence-corrected chi connectivity index (χ0v) is 18.0. The molecule has 1 N–H and O–H groups in total. The van der Waals surface area contributed by atoms with E-state index in [4.69, 9.17) is 15.0 Å². The molecular weight excluding hydrogens is 422 g/mol. The third-order valence-corrected chi connectivity index (χ3v) is 6.08. The van der Waals surface area contributed by atoms with Gasteiger partial charge in [0.2, 0.25) is 11.8 Å². The standard InChI is InChI=1S/C25H27N3O5/c29-23-9-8-21(24(30)26-23)28-15-20-19(25(28)31)2-1-3-22(20)33-16-18-6-4-17(5-7-18)14-27-10-12-32-13-11-27/h1-7,21H,8-16H2,(H,26,29,30)/i12D2,13D2. The lowest BCUT2D eigenvalue weighted by Crippen LogP contribution is -2.52. The summed E-state index contributed by atoms with van der Waals surface area (Å²) in [6.07, 6.45) is 0.494. The lowest BCUT2D eigenvalue weighted by atomic mass is 10.0. The van der Waals surface area contributed by atoms with Crippen molar-refractivity contribution in [2.45, 2.75) is 38.6 Å². The summed E-state index contributed by atoms with van der Waals surface area (Å²) in [5, 5.41) is 2.30. The molecular formula is C25H27N3O5. The van der Waals surface area contributed by atoms with Crippen LogP contribution in [0.1, 0.15) is 45.4 Å². The van der Waals surface area contributed by atoms with Gasteiger partial charge >= 0.3 is 0 Å². The van der Waals surface area contributed by atoms with E-state index in [-0.39, 0.29) is 44.5 Å². The van der Waals surface area contributed by atoms with E-state index in [9.17, 15) is 14.4 Å². The van der Waals surface area contributed by atoms with Crippen LogP contribution in [0, 0.1) is 0 Å². The van der Waals surface area contributed by atoms with Crippen LogP contribution in [0.15, 0.2) is 42.5 Å². The number of piperidine rings is 1. The topological polar surface area (TPSA) is 88.2 Å². The minimum Gasteiger partial charge on any atom is -0.489 e. The number of morpholine rings is 1. The number of hydrogen-bond acceptors (Lipinski definition) is 6. The van der Waals surface area contributed by atoms with E-state index in [1.165, 1.54) is 4.90 Å². The smallest absolute Gasteiger partial charge is 0.255 e. The third-order valence-electron chi connectivity index (χ3n) is 6.08. The van der Waals surface area contributed by atoms with Gasteiger partial charge in [0.15, 0.2) is 0 Å². The molecule has 33 heavy (non-hydrogen) atoms. The summed E-state index contributed by atoms with van der Waals surface area (Å²) in [4.78, 5) is 39.9. The number of nitrogens with zero attached hydrogens (tertiary/aromatic N) is 2. The van der Waals surface area contributed by atoms with Crippen molar-refractivity contribution in [3.05, 3.63) is 64.7 Å². The average Bonchev–Trinajstić information content (AvgIpc) is 3.13. The molecule has 0 spiro atoms. The zero-order chi connectivity index (χ0) is 26.4. The van der Waals surface area contributed by atoms with Gasteiger partial charge in [0.1, 0.15) is 18.4 Å². The van der Waals surface area contributed by atoms with Gasteiger partial charge < -0.3 is 14.4 Å². The average molecular weight is 454 g/mol. The van der Waals surface area contributed by atoms with Gasteiger partial charge in [-0.2, -0.15) is 0 Å². The fourth-order valence-electron chi connectivity index (χ4n) is 4.32. The van der Waals surface area contributed by atoms with Crippen molar-refractivity contribution >= 4 is 17.7 Å². The number of nitrogens with one attached hydrogen (secondary N) is 1. The van der Waals surface area contributed by atoms with Crippen molar-refractivity contribution in [2.75, 3.05) is 26.2 Å².